The quantitative estimate of drug-likeness (QED) is 0.470. The van der Waals surface area contributed by atoms with E-state index in [1.807, 2.05) is 0 Å². The van der Waals surface area contributed by atoms with E-state index in [2.05, 4.69) is 0 Å². The van der Waals surface area contributed by atoms with Crippen molar-refractivity contribution in [1.29, 1.82) is 0 Å². The number of allylic oxidation sites excluding steroid dienone is 2. The standard InChI is InChI=1S/C8H7F3O2/c9-8(10,11)7(13)6-4-1-3(4)2-5(6)12/h3-4,13H,1-2H2/b7-6-/t3?,4-/m0/s1. The molecule has 0 bridgehead atoms. The number of rotatable bonds is 0. The average molecular weight is 192 g/mol. The Labute approximate surface area is 72.0 Å². The first-order chi connectivity index (χ1) is 5.91. The minimum absolute atomic E-state index is 0.0620. The molecule has 0 saturated heterocycles. The van der Waals surface area contributed by atoms with Crippen molar-refractivity contribution in [3.05, 3.63) is 11.3 Å². The van der Waals surface area contributed by atoms with Crippen LogP contribution >= 0.6 is 0 Å². The summed E-state index contributed by atoms with van der Waals surface area (Å²) in [4.78, 5) is 11.0. The van der Waals surface area contributed by atoms with E-state index >= 15 is 0 Å². The van der Waals surface area contributed by atoms with Crippen LogP contribution in [0.3, 0.4) is 0 Å². The number of aliphatic hydroxyl groups is 1. The topological polar surface area (TPSA) is 37.3 Å². The summed E-state index contributed by atoms with van der Waals surface area (Å²) in [6.45, 7) is 0. The molecule has 2 aliphatic carbocycles. The van der Waals surface area contributed by atoms with Crippen molar-refractivity contribution < 1.29 is 23.1 Å². The van der Waals surface area contributed by atoms with Crippen molar-refractivity contribution in [3.63, 3.8) is 0 Å². The second-order valence-electron chi connectivity index (χ2n) is 3.49. The number of hydrogen-bond acceptors (Lipinski definition) is 2. The fourth-order valence-corrected chi connectivity index (χ4v) is 1.84. The number of carbonyl (C=O) groups is 1. The molecule has 2 atom stereocenters. The Morgan fingerprint density at radius 3 is 2.46 bits per heavy atom. The zero-order valence-corrected chi connectivity index (χ0v) is 6.56. The Bertz CT molecular complexity index is 303. The molecule has 2 nitrogen and oxygen atoms in total. The summed E-state index contributed by atoms with van der Waals surface area (Å²) in [5.41, 5.74) is -0.391. The van der Waals surface area contributed by atoms with Crippen LogP contribution in [0.15, 0.2) is 11.3 Å². The molecule has 5 heteroatoms. The summed E-state index contributed by atoms with van der Waals surface area (Å²) in [5, 5.41) is 8.79. The largest absolute Gasteiger partial charge is 0.504 e. The fourth-order valence-electron chi connectivity index (χ4n) is 1.84. The van der Waals surface area contributed by atoms with E-state index < -0.39 is 23.3 Å². The smallest absolute Gasteiger partial charge is 0.449 e. The van der Waals surface area contributed by atoms with Gasteiger partial charge in [0.25, 0.3) is 0 Å². The maximum atomic E-state index is 12.0. The molecule has 13 heavy (non-hydrogen) atoms. The van der Waals surface area contributed by atoms with Crippen molar-refractivity contribution in [2.24, 2.45) is 11.8 Å². The van der Waals surface area contributed by atoms with Gasteiger partial charge < -0.3 is 5.11 Å². The molecule has 0 aromatic rings. The Hall–Kier alpha value is -1.00. The lowest BCUT2D eigenvalue weighted by molar-refractivity contribution is -0.127. The van der Waals surface area contributed by atoms with E-state index in [-0.39, 0.29) is 18.3 Å². The van der Waals surface area contributed by atoms with E-state index in [0.717, 1.165) is 0 Å². The summed E-state index contributed by atoms with van der Waals surface area (Å²) in [7, 11) is 0. The highest BCUT2D eigenvalue weighted by molar-refractivity contribution is 6.00. The molecular weight excluding hydrogens is 185 g/mol. The molecule has 1 unspecified atom stereocenters. The molecular formula is C8H7F3O2. The fraction of sp³-hybridized carbons (Fsp3) is 0.625. The minimum atomic E-state index is -4.78. The number of fused-ring (bicyclic) bond motifs is 1. The Balaban J connectivity index is 2.37. The van der Waals surface area contributed by atoms with Gasteiger partial charge in [-0.05, 0) is 18.3 Å². The van der Waals surface area contributed by atoms with Crippen LogP contribution in [-0.2, 0) is 4.79 Å². The summed E-state index contributed by atoms with van der Waals surface area (Å²) >= 11 is 0. The maximum absolute atomic E-state index is 12.0. The predicted octanol–water partition coefficient (Wildman–Crippen LogP) is 1.97. The number of carbonyl (C=O) groups excluding carboxylic acids is 1. The normalized spacial score (nSPS) is 36.1. The van der Waals surface area contributed by atoms with Crippen LogP contribution in [0.25, 0.3) is 0 Å². The van der Waals surface area contributed by atoms with Crippen LogP contribution in [-0.4, -0.2) is 17.1 Å². The third kappa shape index (κ3) is 1.22. The molecule has 0 aromatic heterocycles. The minimum Gasteiger partial charge on any atom is -0.504 e. The number of Topliss-reactive ketones (excluding diaryl/α,β-unsaturated/α-hetero) is 1. The van der Waals surface area contributed by atoms with E-state index in [4.69, 9.17) is 5.11 Å². The van der Waals surface area contributed by atoms with Crippen LogP contribution in [0, 0.1) is 11.8 Å². The Morgan fingerprint density at radius 2 is 2.08 bits per heavy atom. The number of hydrogen-bond donors (Lipinski definition) is 1. The van der Waals surface area contributed by atoms with Gasteiger partial charge in [-0.2, -0.15) is 13.2 Å². The molecule has 2 fully saturated rings. The Morgan fingerprint density at radius 1 is 1.46 bits per heavy atom. The molecule has 0 aliphatic heterocycles. The highest BCUT2D eigenvalue weighted by atomic mass is 19.4. The van der Waals surface area contributed by atoms with Gasteiger partial charge in [0, 0.05) is 12.0 Å². The van der Waals surface area contributed by atoms with Gasteiger partial charge in [0.05, 0.1) is 0 Å². The summed E-state index contributed by atoms with van der Waals surface area (Å²) in [6.07, 6.45) is -4.00. The highest BCUT2D eigenvalue weighted by Crippen LogP contribution is 2.55. The van der Waals surface area contributed by atoms with Crippen LogP contribution in [0.2, 0.25) is 0 Å². The van der Waals surface area contributed by atoms with Crippen molar-refractivity contribution in [2.45, 2.75) is 19.0 Å². The summed E-state index contributed by atoms with van der Waals surface area (Å²) < 4.78 is 36.0. The Kier molecular flexibility index (Phi) is 1.50. The molecule has 2 saturated carbocycles. The lowest BCUT2D eigenvalue weighted by Gasteiger charge is -2.08. The molecule has 2 rings (SSSR count). The first-order valence-corrected chi connectivity index (χ1v) is 3.94. The molecule has 0 heterocycles. The van der Waals surface area contributed by atoms with Gasteiger partial charge in [-0.1, -0.05) is 0 Å². The maximum Gasteiger partial charge on any atom is 0.449 e. The van der Waals surface area contributed by atoms with Gasteiger partial charge in [-0.25, -0.2) is 0 Å². The molecule has 0 amide bonds. The van der Waals surface area contributed by atoms with Crippen LogP contribution in [0.4, 0.5) is 13.2 Å². The van der Waals surface area contributed by atoms with Gasteiger partial charge in [-0.3, -0.25) is 4.79 Å². The zero-order chi connectivity index (χ0) is 9.80. The highest BCUT2D eigenvalue weighted by Gasteiger charge is 2.54. The molecule has 1 N–H and O–H groups in total. The van der Waals surface area contributed by atoms with Crippen LogP contribution in [0.1, 0.15) is 12.8 Å². The van der Waals surface area contributed by atoms with Gasteiger partial charge in [0.1, 0.15) is 0 Å². The first kappa shape index (κ1) is 8.59. The van der Waals surface area contributed by atoms with Crippen molar-refractivity contribution >= 4 is 5.78 Å². The summed E-state index contributed by atoms with van der Waals surface area (Å²) in [6, 6.07) is 0. The van der Waals surface area contributed by atoms with Crippen molar-refractivity contribution in [2.75, 3.05) is 0 Å². The van der Waals surface area contributed by atoms with Gasteiger partial charge in [0.15, 0.2) is 5.78 Å². The van der Waals surface area contributed by atoms with Gasteiger partial charge in [-0.15, -0.1) is 0 Å². The second kappa shape index (κ2) is 2.27. The van der Waals surface area contributed by atoms with E-state index in [1.165, 1.54) is 0 Å². The monoisotopic (exact) mass is 192 g/mol. The predicted molar refractivity (Wildman–Crippen MR) is 36.9 cm³/mol. The summed E-state index contributed by atoms with van der Waals surface area (Å²) in [5.74, 6) is -2.49. The van der Waals surface area contributed by atoms with Crippen LogP contribution < -0.4 is 0 Å². The number of ketones is 1. The first-order valence-electron chi connectivity index (χ1n) is 3.94. The lowest BCUT2D eigenvalue weighted by Crippen LogP contribution is -2.17. The number of alkyl halides is 3. The number of aliphatic hydroxyl groups excluding tert-OH is 1. The molecule has 0 spiro atoms. The van der Waals surface area contributed by atoms with E-state index in [0.29, 0.717) is 6.42 Å². The lowest BCUT2D eigenvalue weighted by atomic mass is 10.1. The van der Waals surface area contributed by atoms with E-state index in [9.17, 15) is 18.0 Å². The van der Waals surface area contributed by atoms with Gasteiger partial charge in [0.2, 0.25) is 5.76 Å². The van der Waals surface area contributed by atoms with Gasteiger partial charge >= 0.3 is 6.18 Å². The molecule has 0 radical (unpaired) electrons. The van der Waals surface area contributed by atoms with Crippen LogP contribution in [0.5, 0.6) is 0 Å². The second-order valence-corrected chi connectivity index (χ2v) is 3.49. The SMILES string of the molecule is O=C1CC2C[C@@H]2/C1=C(/O)C(F)(F)F. The molecule has 72 valence electrons. The third-order valence-corrected chi connectivity index (χ3v) is 2.57. The van der Waals surface area contributed by atoms with Crippen molar-refractivity contribution in [1.82, 2.24) is 0 Å². The molecule has 2 aliphatic rings. The number of halogens is 3. The molecule has 0 aromatic carbocycles. The van der Waals surface area contributed by atoms with Crippen molar-refractivity contribution in [3.8, 4) is 0 Å². The zero-order valence-electron chi connectivity index (χ0n) is 6.56. The third-order valence-electron chi connectivity index (χ3n) is 2.57. The average Bonchev–Trinajstić information content (AvgIpc) is 2.61. The van der Waals surface area contributed by atoms with E-state index in [1.54, 1.807) is 0 Å².